The van der Waals surface area contributed by atoms with Crippen LogP contribution in [0.25, 0.3) is 0 Å². The molecule has 0 aromatic heterocycles. The molecule has 5 nitrogen and oxygen atoms in total. The summed E-state index contributed by atoms with van der Waals surface area (Å²) in [5.74, 6) is 0. The first-order valence-electron chi connectivity index (χ1n) is 3.09. The van der Waals surface area contributed by atoms with E-state index < -0.39 is 11.4 Å². The lowest BCUT2D eigenvalue weighted by Crippen LogP contribution is -2.29. The third-order valence-corrected chi connectivity index (χ3v) is 1.28. The van der Waals surface area contributed by atoms with E-state index in [1.165, 1.54) is 0 Å². The Morgan fingerprint density at radius 3 is 1.50 bits per heavy atom. The fourth-order valence-electron chi connectivity index (χ4n) is 0.339. The van der Waals surface area contributed by atoms with E-state index in [2.05, 4.69) is 60.3 Å². The summed E-state index contributed by atoms with van der Waals surface area (Å²) in [6.45, 7) is 1.42. The summed E-state index contributed by atoms with van der Waals surface area (Å²) < 4.78 is 23.8. The summed E-state index contributed by atoms with van der Waals surface area (Å²) in [5, 5.41) is 5.68. The van der Waals surface area contributed by atoms with E-state index in [-0.39, 0.29) is 0 Å². The van der Waals surface area contributed by atoms with Gasteiger partial charge in [-0.3, -0.25) is 9.11 Å². The van der Waals surface area contributed by atoms with Gasteiger partial charge in [-0.15, -0.1) is 25.3 Å². The maximum atomic E-state index is 8.67. The van der Waals surface area contributed by atoms with Crippen molar-refractivity contribution in [1.29, 1.82) is 0 Å². The van der Waals surface area contributed by atoms with Gasteiger partial charge in [0.2, 0.25) is 0 Å². The minimum atomic E-state index is -2.61. The quantitative estimate of drug-likeness (QED) is 0.193. The molecular formula is C4H10N2O3S5. The van der Waals surface area contributed by atoms with Gasteiger partial charge in [-0.1, -0.05) is 24.4 Å². The molecule has 0 radical (unpaired) electrons. The average Bonchev–Trinajstić information content (AvgIpc) is 1.96. The molecule has 0 heterocycles. The molecule has 0 unspecified atom stereocenters. The third kappa shape index (κ3) is 29.4. The van der Waals surface area contributed by atoms with Crippen LogP contribution in [0.1, 0.15) is 0 Å². The molecular weight excluding hydrogens is 284 g/mol. The zero-order valence-corrected chi connectivity index (χ0v) is 11.1. The van der Waals surface area contributed by atoms with Crippen LogP contribution in [-0.2, 0) is 11.4 Å². The van der Waals surface area contributed by atoms with Crippen molar-refractivity contribution in [1.82, 2.24) is 10.6 Å². The van der Waals surface area contributed by atoms with Gasteiger partial charge >= 0.3 is 0 Å². The molecule has 14 heavy (non-hydrogen) atoms. The van der Waals surface area contributed by atoms with Gasteiger partial charge in [0, 0.05) is 13.1 Å². The van der Waals surface area contributed by atoms with E-state index in [0.29, 0.717) is 21.7 Å². The fourth-order valence-corrected chi connectivity index (χ4v) is 0.767. The lowest BCUT2D eigenvalue weighted by molar-refractivity contribution is 0.454. The van der Waals surface area contributed by atoms with Crippen molar-refractivity contribution in [3.8, 4) is 0 Å². The van der Waals surface area contributed by atoms with Crippen LogP contribution in [0.3, 0.4) is 0 Å². The molecule has 0 saturated heterocycles. The highest BCUT2D eigenvalue weighted by Gasteiger charge is 1.87. The molecule has 0 atom stereocenters. The predicted octanol–water partition coefficient (Wildman–Crippen LogP) is 0.276. The number of rotatable bonds is 3. The summed E-state index contributed by atoms with van der Waals surface area (Å²) in [6.07, 6.45) is 0. The topological polar surface area (TPSA) is 81.6 Å². The van der Waals surface area contributed by atoms with Crippen LogP contribution >= 0.6 is 49.7 Å². The maximum absolute atomic E-state index is 8.67. The lowest BCUT2D eigenvalue weighted by atomic mass is 10.6. The van der Waals surface area contributed by atoms with Crippen LogP contribution in [0.4, 0.5) is 0 Å². The van der Waals surface area contributed by atoms with Gasteiger partial charge in [0.25, 0.3) is 11.4 Å². The molecule has 10 heteroatoms. The summed E-state index contributed by atoms with van der Waals surface area (Å²) in [5.41, 5.74) is 0. The summed E-state index contributed by atoms with van der Waals surface area (Å²) in [4.78, 5) is 0. The molecule has 0 rings (SSSR count). The van der Waals surface area contributed by atoms with Crippen LogP contribution in [-0.4, -0.2) is 35.0 Å². The summed E-state index contributed by atoms with van der Waals surface area (Å²) >= 11 is 14.4. The van der Waals surface area contributed by atoms with Crippen molar-refractivity contribution >= 4 is 69.7 Å². The first-order valence-corrected chi connectivity index (χ1v) is 5.87. The van der Waals surface area contributed by atoms with E-state index in [9.17, 15) is 0 Å². The van der Waals surface area contributed by atoms with Crippen LogP contribution in [0.5, 0.6) is 0 Å². The molecule has 4 N–H and O–H groups in total. The van der Waals surface area contributed by atoms with Crippen LogP contribution < -0.4 is 10.6 Å². The molecule has 0 aliphatic heterocycles. The Balaban J connectivity index is 0. The number of thiol groups is 2. The van der Waals surface area contributed by atoms with Gasteiger partial charge in [-0.2, -0.15) is 4.21 Å². The van der Waals surface area contributed by atoms with Gasteiger partial charge in [0.15, 0.2) is 0 Å². The highest BCUT2D eigenvalue weighted by Crippen LogP contribution is 1.77. The van der Waals surface area contributed by atoms with E-state index >= 15 is 0 Å². The maximum Gasteiger partial charge on any atom is 0.299 e. The zero-order chi connectivity index (χ0) is 11.6. The Kier molecular flexibility index (Phi) is 14.1. The standard InChI is InChI=1S/C4H8N2S4.H2O3S/c7-3(8)5-1-2-6-4(9)10;1-4(2)3/h1-2H2,(H2,5,7,8)(H2,6,9,10);(H2,1,2,3). The third-order valence-electron chi connectivity index (χ3n) is 0.677. The number of thiocarbonyl (C=S) groups is 2. The van der Waals surface area contributed by atoms with E-state index in [1.807, 2.05) is 0 Å². The molecule has 0 aromatic rings. The monoisotopic (exact) mass is 294 g/mol. The first kappa shape index (κ1) is 17.0. The molecule has 84 valence electrons. The van der Waals surface area contributed by atoms with Crippen molar-refractivity contribution in [2.24, 2.45) is 0 Å². The number of hydrogen-bond acceptors (Lipinski definition) is 3. The van der Waals surface area contributed by atoms with Crippen LogP contribution in [0, 0.1) is 0 Å². The van der Waals surface area contributed by atoms with Gasteiger partial charge in [-0.25, -0.2) is 0 Å². The van der Waals surface area contributed by atoms with E-state index in [0.717, 1.165) is 0 Å². The second kappa shape index (κ2) is 11.6. The SMILES string of the molecule is O=S(O)O.S=C(S)NCCNC(=S)S. The van der Waals surface area contributed by atoms with Crippen molar-refractivity contribution in [2.75, 3.05) is 13.1 Å². The van der Waals surface area contributed by atoms with Crippen LogP contribution in [0.15, 0.2) is 0 Å². The van der Waals surface area contributed by atoms with Gasteiger partial charge in [0.05, 0.1) is 0 Å². The molecule has 0 aliphatic carbocycles. The fraction of sp³-hybridized carbons (Fsp3) is 0.500. The number of nitrogens with one attached hydrogen (secondary N) is 2. The molecule has 0 spiro atoms. The molecule has 0 aliphatic rings. The molecule has 0 bridgehead atoms. The van der Waals surface area contributed by atoms with Crippen molar-refractivity contribution in [3.05, 3.63) is 0 Å². The van der Waals surface area contributed by atoms with Crippen molar-refractivity contribution in [3.63, 3.8) is 0 Å². The second-order valence-electron chi connectivity index (χ2n) is 1.69. The summed E-state index contributed by atoms with van der Waals surface area (Å²) in [7, 11) is 0. The van der Waals surface area contributed by atoms with Gasteiger partial charge in [-0.05, 0) is 0 Å². The second-order valence-corrected chi connectivity index (χ2v) is 4.47. The Labute approximate surface area is 106 Å². The summed E-state index contributed by atoms with van der Waals surface area (Å²) in [6, 6.07) is 0. The number of hydrogen-bond donors (Lipinski definition) is 6. The minimum Gasteiger partial charge on any atom is -0.369 e. The van der Waals surface area contributed by atoms with E-state index in [4.69, 9.17) is 13.3 Å². The Hall–Kier alpha value is 0.550. The Morgan fingerprint density at radius 1 is 1.14 bits per heavy atom. The minimum absolute atomic E-state index is 0.492. The zero-order valence-electron chi connectivity index (χ0n) is 6.84. The van der Waals surface area contributed by atoms with Crippen molar-refractivity contribution in [2.45, 2.75) is 0 Å². The molecule has 0 fully saturated rings. The Morgan fingerprint density at radius 2 is 1.36 bits per heavy atom. The van der Waals surface area contributed by atoms with Gasteiger partial charge < -0.3 is 10.6 Å². The largest absolute Gasteiger partial charge is 0.369 e. The highest BCUT2D eigenvalue weighted by atomic mass is 32.2. The highest BCUT2D eigenvalue weighted by molar-refractivity contribution is 8.11. The van der Waals surface area contributed by atoms with E-state index in [1.54, 1.807) is 0 Å². The smallest absolute Gasteiger partial charge is 0.299 e. The first-order chi connectivity index (χ1) is 6.36. The van der Waals surface area contributed by atoms with Crippen molar-refractivity contribution < 1.29 is 13.3 Å². The lowest BCUT2D eigenvalue weighted by Gasteiger charge is -2.03. The molecule has 0 aromatic carbocycles. The van der Waals surface area contributed by atoms with Gasteiger partial charge in [0.1, 0.15) is 8.64 Å². The Bertz CT molecular complexity index is 191. The predicted molar refractivity (Wildman–Crippen MR) is 72.6 cm³/mol. The average molecular weight is 294 g/mol. The van der Waals surface area contributed by atoms with Crippen LogP contribution in [0.2, 0.25) is 0 Å². The molecule has 0 amide bonds. The molecule has 0 saturated carbocycles. The normalized spacial score (nSPS) is 8.64.